The summed E-state index contributed by atoms with van der Waals surface area (Å²) in [4.78, 5) is 11.8. The van der Waals surface area contributed by atoms with Crippen LogP contribution in [0.1, 0.15) is 6.92 Å². The Morgan fingerprint density at radius 3 is 2.82 bits per heavy atom. The summed E-state index contributed by atoms with van der Waals surface area (Å²) in [6.45, 7) is 1.60. The maximum atomic E-state index is 12.2. The summed E-state index contributed by atoms with van der Waals surface area (Å²) in [5, 5.41) is 4.99. The van der Waals surface area contributed by atoms with E-state index in [-0.39, 0.29) is 0 Å². The largest absolute Gasteiger partial charge is 0.292 e. The smallest absolute Gasteiger partial charge is 0.241 e. The van der Waals surface area contributed by atoms with Gasteiger partial charge in [0.15, 0.2) is 5.78 Å². The lowest BCUT2D eigenvalue weighted by molar-refractivity contribution is -0.123. The zero-order valence-electron chi connectivity index (χ0n) is 8.84. The molecule has 17 heavy (non-hydrogen) atoms. The van der Waals surface area contributed by atoms with Crippen LogP contribution >= 0.6 is 12.2 Å². The Morgan fingerprint density at radius 1 is 1.59 bits per heavy atom. The number of Topliss-reactive ketones (excluding diaryl/α,β-unsaturated/α-hetero) is 1. The first kappa shape index (κ1) is 12.7. The van der Waals surface area contributed by atoms with E-state index in [9.17, 15) is 13.2 Å². The molecule has 0 aromatic rings. The highest BCUT2D eigenvalue weighted by atomic mass is 32.2. The molecule has 94 valence electrons. The van der Waals surface area contributed by atoms with Crippen LogP contribution in [0.4, 0.5) is 0 Å². The van der Waals surface area contributed by atoms with Crippen molar-refractivity contribution in [3.8, 4) is 0 Å². The third-order valence-corrected chi connectivity index (χ3v) is 4.13. The van der Waals surface area contributed by atoms with Gasteiger partial charge in [0, 0.05) is 0 Å². The minimum Gasteiger partial charge on any atom is -0.292 e. The molecule has 1 aliphatic heterocycles. The molecule has 0 amide bonds. The number of rotatable bonds is 2. The highest BCUT2D eigenvalue weighted by Gasteiger charge is 2.46. The second kappa shape index (κ2) is 4.19. The van der Waals surface area contributed by atoms with Crippen LogP contribution < -0.4 is 15.3 Å². The van der Waals surface area contributed by atoms with E-state index in [4.69, 9.17) is 9.42 Å². The molecule has 4 N–H and O–H groups in total. The molecular formula is C8H11N3O4S2. The average molecular weight is 277 g/mol. The molecule has 2 unspecified atom stereocenters. The number of primary sulfonamides is 1. The van der Waals surface area contributed by atoms with Gasteiger partial charge < -0.3 is 0 Å². The molecule has 0 bridgehead atoms. The maximum Gasteiger partial charge on any atom is 0.241 e. The van der Waals surface area contributed by atoms with Crippen LogP contribution in [0, 0.1) is 5.41 Å². The van der Waals surface area contributed by atoms with Gasteiger partial charge in [0.2, 0.25) is 10.0 Å². The van der Waals surface area contributed by atoms with Crippen molar-refractivity contribution >= 4 is 28.0 Å². The van der Waals surface area contributed by atoms with Crippen molar-refractivity contribution in [2.45, 2.75) is 13.1 Å². The quantitative estimate of drug-likeness (QED) is 0.453. The lowest BCUT2D eigenvalue weighted by atomic mass is 9.80. The minimum atomic E-state index is -4.02. The van der Waals surface area contributed by atoms with Crippen molar-refractivity contribution in [1.82, 2.24) is 10.2 Å². The number of hydroxylamine groups is 1. The summed E-state index contributed by atoms with van der Waals surface area (Å²) in [7, 11) is -4.02. The third kappa shape index (κ3) is 2.17. The number of ketones is 1. The van der Waals surface area contributed by atoms with Crippen LogP contribution in [0.2, 0.25) is 0 Å². The first-order valence-electron chi connectivity index (χ1n) is 4.66. The predicted molar refractivity (Wildman–Crippen MR) is 62.2 cm³/mol. The Morgan fingerprint density at radius 2 is 2.29 bits per heavy atom. The number of carbonyl (C=O) groups excluding carboxylic acids is 1. The molecule has 7 nitrogen and oxygen atoms in total. The molecule has 1 saturated heterocycles. The van der Waals surface area contributed by atoms with E-state index in [1.807, 2.05) is 0 Å². The summed E-state index contributed by atoms with van der Waals surface area (Å²) >= 11 is 0.938. The normalized spacial score (nSPS) is 33.9. The second-order valence-corrected chi connectivity index (χ2v) is 5.98. The number of nitrogens with one attached hydrogen (secondary N) is 2. The lowest BCUT2D eigenvalue weighted by Crippen LogP contribution is -2.51. The van der Waals surface area contributed by atoms with Crippen LogP contribution in [-0.4, -0.2) is 20.4 Å². The molecule has 1 aliphatic carbocycles. The van der Waals surface area contributed by atoms with E-state index in [0.717, 1.165) is 12.2 Å². The summed E-state index contributed by atoms with van der Waals surface area (Å²) in [5.41, 5.74) is 1.52. The van der Waals surface area contributed by atoms with Gasteiger partial charge in [-0.05, 0) is 13.0 Å². The zero-order chi connectivity index (χ0) is 12.7. The van der Waals surface area contributed by atoms with Crippen molar-refractivity contribution in [3.63, 3.8) is 0 Å². The lowest BCUT2D eigenvalue weighted by Gasteiger charge is -2.31. The Bertz CT molecular complexity index is 507. The van der Waals surface area contributed by atoms with Gasteiger partial charge in [0.05, 0.1) is 5.41 Å². The molecule has 0 spiro atoms. The predicted octanol–water partition coefficient (Wildman–Crippen LogP) is -0.682. The Kier molecular flexibility index (Phi) is 3.14. The SMILES string of the molecule is CC1(C2NOSN2)C=CC=C(S(N)(=O)=O)C1=O. The van der Waals surface area contributed by atoms with E-state index in [0.29, 0.717) is 0 Å². The van der Waals surface area contributed by atoms with E-state index < -0.39 is 32.3 Å². The highest BCUT2D eigenvalue weighted by Crippen LogP contribution is 2.34. The molecule has 2 aliphatic rings. The summed E-state index contributed by atoms with van der Waals surface area (Å²) < 4.78 is 30.2. The second-order valence-electron chi connectivity index (χ2n) is 3.88. The molecule has 0 aromatic heterocycles. The standard InChI is InChI=1S/C8H11N3O4S2/c1-8(7-10-15-16-11-7)4-2-3-5(6(8)12)17(9,13)14/h2-4,7,10-11H,1H3,(H2,9,13,14). The van der Waals surface area contributed by atoms with Gasteiger partial charge in [-0.15, -0.1) is 0 Å². The summed E-state index contributed by atoms with van der Waals surface area (Å²) in [5.74, 6) is -0.571. The summed E-state index contributed by atoms with van der Waals surface area (Å²) in [6, 6.07) is 0. The van der Waals surface area contributed by atoms with Crippen LogP contribution in [0.15, 0.2) is 23.1 Å². The summed E-state index contributed by atoms with van der Waals surface area (Å²) in [6.07, 6.45) is 3.77. The minimum absolute atomic E-state index is 0.400. The van der Waals surface area contributed by atoms with Crippen LogP contribution in [0.3, 0.4) is 0 Å². The molecule has 1 fully saturated rings. The molecule has 0 radical (unpaired) electrons. The maximum absolute atomic E-state index is 12.2. The molecule has 0 saturated carbocycles. The number of allylic oxidation sites excluding steroid dienone is 3. The molecular weight excluding hydrogens is 266 g/mol. The Labute approximate surface area is 103 Å². The number of hydrogen-bond donors (Lipinski definition) is 3. The van der Waals surface area contributed by atoms with Crippen LogP contribution in [-0.2, 0) is 19.1 Å². The first-order valence-corrected chi connectivity index (χ1v) is 6.95. The van der Waals surface area contributed by atoms with Crippen molar-refractivity contribution in [2.24, 2.45) is 10.6 Å². The van der Waals surface area contributed by atoms with E-state index in [1.165, 1.54) is 12.2 Å². The van der Waals surface area contributed by atoms with Gasteiger partial charge in [-0.3, -0.25) is 4.79 Å². The van der Waals surface area contributed by atoms with E-state index in [2.05, 4.69) is 10.2 Å². The topological polar surface area (TPSA) is 111 Å². The van der Waals surface area contributed by atoms with Crippen molar-refractivity contribution in [3.05, 3.63) is 23.1 Å². The van der Waals surface area contributed by atoms with E-state index >= 15 is 0 Å². The molecule has 2 atom stereocenters. The van der Waals surface area contributed by atoms with Gasteiger partial charge >= 0.3 is 0 Å². The van der Waals surface area contributed by atoms with Crippen LogP contribution in [0.25, 0.3) is 0 Å². The number of hydrogen-bond acceptors (Lipinski definition) is 7. The fourth-order valence-corrected chi connectivity index (χ4v) is 2.94. The Balaban J connectivity index is 2.38. The highest BCUT2D eigenvalue weighted by molar-refractivity contribution is 7.94. The van der Waals surface area contributed by atoms with Crippen molar-refractivity contribution in [2.75, 3.05) is 0 Å². The van der Waals surface area contributed by atoms with E-state index in [1.54, 1.807) is 13.0 Å². The van der Waals surface area contributed by atoms with Crippen molar-refractivity contribution in [1.29, 1.82) is 0 Å². The van der Waals surface area contributed by atoms with Crippen molar-refractivity contribution < 1.29 is 17.5 Å². The number of carbonyl (C=O) groups is 1. The fraction of sp³-hybridized carbons (Fsp3) is 0.375. The third-order valence-electron chi connectivity index (χ3n) is 2.68. The van der Waals surface area contributed by atoms with Gasteiger partial charge in [-0.2, -0.15) is 5.48 Å². The van der Waals surface area contributed by atoms with Crippen LogP contribution in [0.5, 0.6) is 0 Å². The molecule has 9 heteroatoms. The van der Waals surface area contributed by atoms with Gasteiger partial charge in [-0.1, -0.05) is 12.2 Å². The Hall–Kier alpha value is -0.710. The monoisotopic (exact) mass is 277 g/mol. The zero-order valence-corrected chi connectivity index (χ0v) is 10.5. The molecule has 0 aromatic carbocycles. The molecule has 1 heterocycles. The number of nitrogens with two attached hydrogens (primary N) is 1. The fourth-order valence-electron chi connectivity index (χ4n) is 1.62. The van der Waals surface area contributed by atoms with Gasteiger partial charge in [0.1, 0.15) is 23.3 Å². The number of sulfonamides is 1. The average Bonchev–Trinajstić information content (AvgIpc) is 2.74. The first-order chi connectivity index (χ1) is 7.86. The van der Waals surface area contributed by atoms with Gasteiger partial charge in [-0.25, -0.2) is 22.6 Å². The molecule has 2 rings (SSSR count). The van der Waals surface area contributed by atoms with Gasteiger partial charge in [0.25, 0.3) is 0 Å².